The van der Waals surface area contributed by atoms with Crippen molar-refractivity contribution >= 4 is 46.4 Å². The number of fused-ring (bicyclic) bond motifs is 5. The van der Waals surface area contributed by atoms with E-state index in [1.165, 1.54) is 6.07 Å². The molecule has 5 amide bonds. The van der Waals surface area contributed by atoms with Gasteiger partial charge in [0, 0.05) is 13.0 Å². The van der Waals surface area contributed by atoms with Crippen molar-refractivity contribution in [3.05, 3.63) is 17.4 Å². The number of halogens is 2. The SMILES string of the molecule is C[C@@H]1CN2c3c(cc4c(N5C(=O)OC[C@@H]5CF)noc4c3F)CC3(C(=O)NC(=O)NC3=O)C2[C@H](C)O1. The summed E-state index contributed by atoms with van der Waals surface area (Å²) in [4.78, 5) is 53.2. The molecule has 0 aliphatic carbocycles. The van der Waals surface area contributed by atoms with Crippen LogP contribution in [0.3, 0.4) is 0 Å². The van der Waals surface area contributed by atoms with Gasteiger partial charge in [-0.15, -0.1) is 0 Å². The molecule has 4 atom stereocenters. The monoisotopic (exact) mass is 505 g/mol. The molecule has 5 heterocycles. The first-order valence-corrected chi connectivity index (χ1v) is 11.4. The molecule has 4 aliphatic rings. The number of nitrogens with one attached hydrogen (secondary N) is 2. The number of amides is 5. The van der Waals surface area contributed by atoms with Crippen molar-refractivity contribution in [3.8, 4) is 0 Å². The van der Waals surface area contributed by atoms with Crippen LogP contribution in [0.2, 0.25) is 0 Å². The van der Waals surface area contributed by atoms with Gasteiger partial charge in [-0.25, -0.2) is 23.3 Å². The molecule has 1 aromatic heterocycles. The van der Waals surface area contributed by atoms with Crippen molar-refractivity contribution < 1.29 is 42.0 Å². The van der Waals surface area contributed by atoms with E-state index < -0.39 is 60.0 Å². The number of morpholine rings is 1. The van der Waals surface area contributed by atoms with Gasteiger partial charge in [0.05, 0.1) is 29.3 Å². The van der Waals surface area contributed by atoms with Crippen LogP contribution in [0.15, 0.2) is 10.6 Å². The van der Waals surface area contributed by atoms with Gasteiger partial charge in [-0.3, -0.25) is 20.2 Å². The van der Waals surface area contributed by atoms with Gasteiger partial charge >= 0.3 is 12.1 Å². The average Bonchev–Trinajstić information content (AvgIpc) is 3.39. The number of ether oxygens (including phenoxy) is 2. The lowest BCUT2D eigenvalue weighted by molar-refractivity contribution is -0.153. The fourth-order valence-corrected chi connectivity index (χ4v) is 5.94. The minimum atomic E-state index is -1.81. The Morgan fingerprint density at radius 3 is 2.61 bits per heavy atom. The quantitative estimate of drug-likeness (QED) is 0.575. The lowest BCUT2D eigenvalue weighted by Crippen LogP contribution is -2.75. The summed E-state index contributed by atoms with van der Waals surface area (Å²) in [6.45, 7) is 2.47. The number of carbonyl (C=O) groups excluding carboxylic acids is 4. The maximum absolute atomic E-state index is 16.1. The number of hydrogen-bond acceptors (Lipinski definition) is 9. The summed E-state index contributed by atoms with van der Waals surface area (Å²) >= 11 is 0. The molecule has 0 saturated carbocycles. The summed E-state index contributed by atoms with van der Waals surface area (Å²) in [6.07, 6.45) is -2.19. The van der Waals surface area contributed by atoms with Crippen LogP contribution in [-0.2, 0) is 25.5 Å². The molecule has 1 aromatic carbocycles. The number of nitrogens with zero attached hydrogens (tertiary/aromatic N) is 3. The fraction of sp³-hybridized carbons (Fsp3) is 0.500. The Bertz CT molecular complexity index is 1330. The van der Waals surface area contributed by atoms with Crippen molar-refractivity contribution in [1.82, 2.24) is 15.8 Å². The van der Waals surface area contributed by atoms with Crippen LogP contribution in [0, 0.1) is 11.2 Å². The molecular weight excluding hydrogens is 484 g/mol. The Hall–Kier alpha value is -3.81. The second-order valence-electron chi connectivity index (χ2n) is 9.47. The minimum absolute atomic E-state index is 0.0548. The van der Waals surface area contributed by atoms with E-state index in [-0.39, 0.29) is 53.7 Å². The zero-order valence-electron chi connectivity index (χ0n) is 19.2. The molecule has 4 aliphatic heterocycles. The van der Waals surface area contributed by atoms with E-state index in [0.717, 1.165) is 4.90 Å². The number of barbiturate groups is 1. The molecule has 0 radical (unpaired) electrons. The molecule has 3 fully saturated rings. The fourth-order valence-electron chi connectivity index (χ4n) is 5.94. The lowest BCUT2D eigenvalue weighted by Gasteiger charge is -2.55. The highest BCUT2D eigenvalue weighted by molar-refractivity contribution is 6.20. The number of aromatic nitrogens is 1. The number of alkyl halides is 1. The molecule has 2 aromatic rings. The predicted molar refractivity (Wildman–Crippen MR) is 117 cm³/mol. The van der Waals surface area contributed by atoms with Crippen LogP contribution < -0.4 is 20.4 Å². The van der Waals surface area contributed by atoms with Crippen molar-refractivity contribution in [2.24, 2.45) is 5.41 Å². The van der Waals surface area contributed by atoms with Crippen LogP contribution in [0.5, 0.6) is 0 Å². The summed E-state index contributed by atoms with van der Waals surface area (Å²) in [5, 5.41) is 8.21. The molecule has 36 heavy (non-hydrogen) atoms. The Morgan fingerprint density at radius 2 is 1.92 bits per heavy atom. The number of carbonyl (C=O) groups is 4. The largest absolute Gasteiger partial charge is 0.447 e. The van der Waals surface area contributed by atoms with Crippen LogP contribution in [0.4, 0.5) is 29.9 Å². The zero-order chi connectivity index (χ0) is 25.5. The molecule has 0 bridgehead atoms. The maximum atomic E-state index is 16.1. The van der Waals surface area contributed by atoms with Gasteiger partial charge < -0.3 is 18.9 Å². The number of urea groups is 1. The third-order valence-electron chi connectivity index (χ3n) is 7.31. The Labute approximate surface area is 201 Å². The van der Waals surface area contributed by atoms with Gasteiger partial charge in [0.25, 0.3) is 0 Å². The van der Waals surface area contributed by atoms with Gasteiger partial charge in [0.1, 0.15) is 19.3 Å². The van der Waals surface area contributed by atoms with E-state index in [2.05, 4.69) is 15.8 Å². The molecule has 12 nitrogen and oxygen atoms in total. The zero-order valence-corrected chi connectivity index (χ0v) is 19.2. The maximum Gasteiger partial charge on any atom is 0.416 e. The van der Waals surface area contributed by atoms with Crippen molar-refractivity contribution in [3.63, 3.8) is 0 Å². The van der Waals surface area contributed by atoms with E-state index >= 15 is 4.39 Å². The molecule has 3 saturated heterocycles. The molecule has 190 valence electrons. The van der Waals surface area contributed by atoms with Crippen LogP contribution in [0.1, 0.15) is 19.4 Å². The minimum Gasteiger partial charge on any atom is -0.447 e. The van der Waals surface area contributed by atoms with Gasteiger partial charge in [-0.2, -0.15) is 0 Å². The molecule has 2 N–H and O–H groups in total. The van der Waals surface area contributed by atoms with Gasteiger partial charge in [0.2, 0.25) is 17.4 Å². The summed E-state index contributed by atoms with van der Waals surface area (Å²) in [6, 6.07) is -1.38. The van der Waals surface area contributed by atoms with E-state index in [0.29, 0.717) is 0 Å². The molecular formula is C22H21F2N5O7. The smallest absolute Gasteiger partial charge is 0.416 e. The highest BCUT2D eigenvalue weighted by Crippen LogP contribution is 2.50. The number of benzene rings is 1. The Balaban J connectivity index is 1.57. The first-order valence-electron chi connectivity index (χ1n) is 11.4. The first kappa shape index (κ1) is 22.6. The van der Waals surface area contributed by atoms with Gasteiger partial charge in [-0.05, 0) is 25.5 Å². The predicted octanol–water partition coefficient (Wildman–Crippen LogP) is 1.15. The number of imide groups is 2. The van der Waals surface area contributed by atoms with Crippen LogP contribution in [0.25, 0.3) is 11.0 Å². The van der Waals surface area contributed by atoms with Crippen molar-refractivity contribution in [1.29, 1.82) is 0 Å². The summed E-state index contributed by atoms with van der Waals surface area (Å²) in [5.41, 5.74) is -1.72. The van der Waals surface area contributed by atoms with E-state index in [1.54, 1.807) is 18.7 Å². The lowest BCUT2D eigenvalue weighted by atomic mass is 9.66. The van der Waals surface area contributed by atoms with Gasteiger partial charge in [0.15, 0.2) is 17.1 Å². The normalized spacial score (nSPS) is 29.2. The van der Waals surface area contributed by atoms with E-state index in [9.17, 15) is 23.6 Å². The average molecular weight is 505 g/mol. The Kier molecular flexibility index (Phi) is 4.78. The standard InChI is InChI=1S/C22H21F2N5O7/c1-8-6-28-14-10(4-22(16(28)9(2)35-8)18(30)25-20(32)26-19(22)31)3-12-15(13(14)24)36-27-17(12)29-11(5-23)7-34-21(29)33/h3,8-9,11,16H,4-7H2,1-2H3,(H2,25,26,30,31,32)/t8-,9+,11+,16?/m1/s1. The summed E-state index contributed by atoms with van der Waals surface area (Å²) < 4.78 is 45.7. The van der Waals surface area contributed by atoms with Crippen LogP contribution >= 0.6 is 0 Å². The van der Waals surface area contributed by atoms with Crippen molar-refractivity contribution in [2.75, 3.05) is 29.6 Å². The van der Waals surface area contributed by atoms with Gasteiger partial charge in [-0.1, -0.05) is 5.16 Å². The topological polar surface area (TPSA) is 143 Å². The summed E-state index contributed by atoms with van der Waals surface area (Å²) in [5.74, 6) is -2.59. The van der Waals surface area contributed by atoms with E-state index in [4.69, 9.17) is 14.0 Å². The molecule has 1 spiro atoms. The van der Waals surface area contributed by atoms with Crippen LogP contribution in [-0.4, -0.2) is 73.2 Å². The van der Waals surface area contributed by atoms with E-state index in [1.807, 2.05) is 0 Å². The highest BCUT2D eigenvalue weighted by atomic mass is 19.1. The molecule has 6 rings (SSSR count). The molecule has 1 unspecified atom stereocenters. The highest BCUT2D eigenvalue weighted by Gasteiger charge is 2.63. The number of rotatable bonds is 2. The van der Waals surface area contributed by atoms with Crippen molar-refractivity contribution in [2.45, 2.75) is 44.6 Å². The number of hydrogen-bond donors (Lipinski definition) is 2. The summed E-state index contributed by atoms with van der Waals surface area (Å²) in [7, 11) is 0. The third kappa shape index (κ3) is 2.84. The first-order chi connectivity index (χ1) is 17.2. The second kappa shape index (κ2) is 7.59. The second-order valence-corrected chi connectivity index (χ2v) is 9.47. The number of cyclic esters (lactones) is 1. The third-order valence-corrected chi connectivity index (χ3v) is 7.31. The number of anilines is 2. The molecule has 14 heteroatoms. The Morgan fingerprint density at radius 1 is 1.19 bits per heavy atom.